The summed E-state index contributed by atoms with van der Waals surface area (Å²) in [5, 5.41) is 0. The molecule has 0 saturated carbocycles. The highest BCUT2D eigenvalue weighted by molar-refractivity contribution is 5.78. The molecule has 3 saturated heterocycles. The van der Waals surface area contributed by atoms with Gasteiger partial charge in [-0.05, 0) is 69.5 Å². The number of anilines is 1. The first-order valence-corrected chi connectivity index (χ1v) is 10.2. The number of carbonyl (C=O) groups excluding carboxylic acids is 1. The van der Waals surface area contributed by atoms with Crippen LogP contribution in [0, 0.1) is 5.82 Å². The lowest BCUT2D eigenvalue weighted by atomic mass is 9.87. The van der Waals surface area contributed by atoms with E-state index in [4.69, 9.17) is 4.74 Å². The van der Waals surface area contributed by atoms with Gasteiger partial charge in [0.1, 0.15) is 5.82 Å². The molecule has 3 aliphatic heterocycles. The molecule has 0 unspecified atom stereocenters. The van der Waals surface area contributed by atoms with Crippen molar-refractivity contribution in [3.8, 4) is 0 Å². The van der Waals surface area contributed by atoms with Gasteiger partial charge in [0.15, 0.2) is 0 Å². The van der Waals surface area contributed by atoms with Crippen molar-refractivity contribution in [2.24, 2.45) is 0 Å². The fourth-order valence-electron chi connectivity index (χ4n) is 4.70. The molecule has 6 heteroatoms. The lowest BCUT2D eigenvalue weighted by Crippen LogP contribution is -2.49. The molecule has 5 nitrogen and oxygen atoms in total. The van der Waals surface area contributed by atoms with Crippen molar-refractivity contribution in [2.45, 2.75) is 43.7 Å². The van der Waals surface area contributed by atoms with Gasteiger partial charge in [-0.25, -0.2) is 4.39 Å². The van der Waals surface area contributed by atoms with Gasteiger partial charge in [0.05, 0.1) is 24.8 Å². The van der Waals surface area contributed by atoms with Crippen molar-refractivity contribution in [3.05, 3.63) is 30.1 Å². The van der Waals surface area contributed by atoms with E-state index in [0.717, 1.165) is 51.1 Å². The molecule has 0 radical (unpaired) electrons. The van der Waals surface area contributed by atoms with Gasteiger partial charge in [-0.1, -0.05) is 0 Å². The summed E-state index contributed by atoms with van der Waals surface area (Å²) in [6.07, 6.45) is 5.22. The number of carbonyl (C=O) groups is 1. The van der Waals surface area contributed by atoms with Crippen LogP contribution >= 0.6 is 0 Å². The van der Waals surface area contributed by atoms with E-state index in [9.17, 15) is 9.18 Å². The molecule has 27 heavy (non-hydrogen) atoms. The van der Waals surface area contributed by atoms with E-state index in [1.807, 2.05) is 17.0 Å². The van der Waals surface area contributed by atoms with Crippen LogP contribution in [-0.2, 0) is 9.53 Å². The monoisotopic (exact) mass is 375 g/mol. The number of likely N-dealkylation sites (N-methyl/N-ethyl adjacent to an activating group) is 1. The van der Waals surface area contributed by atoms with E-state index < -0.39 is 0 Å². The van der Waals surface area contributed by atoms with Crippen LogP contribution < -0.4 is 4.90 Å². The predicted molar refractivity (Wildman–Crippen MR) is 103 cm³/mol. The Kier molecular flexibility index (Phi) is 5.37. The van der Waals surface area contributed by atoms with Crippen LogP contribution in [0.25, 0.3) is 0 Å². The Bertz CT molecular complexity index is 652. The van der Waals surface area contributed by atoms with Gasteiger partial charge < -0.3 is 14.5 Å². The van der Waals surface area contributed by atoms with E-state index in [0.29, 0.717) is 19.2 Å². The number of amides is 1. The molecule has 3 aliphatic rings. The largest absolute Gasteiger partial charge is 0.373 e. The number of likely N-dealkylation sites (tertiary alicyclic amines) is 2. The quantitative estimate of drug-likeness (QED) is 0.810. The van der Waals surface area contributed by atoms with Crippen molar-refractivity contribution in [3.63, 3.8) is 0 Å². The molecular weight excluding hydrogens is 345 g/mol. The number of halogens is 1. The summed E-state index contributed by atoms with van der Waals surface area (Å²) in [7, 11) is 2.05. The Morgan fingerprint density at radius 2 is 1.85 bits per heavy atom. The molecule has 1 aromatic rings. The summed E-state index contributed by atoms with van der Waals surface area (Å²) in [5.41, 5.74) is 0.906. The fraction of sp³-hybridized carbons (Fsp3) is 0.667. The third-order valence-corrected chi connectivity index (χ3v) is 6.56. The first-order chi connectivity index (χ1) is 13.0. The molecule has 1 atom stereocenters. The first kappa shape index (κ1) is 18.7. The highest BCUT2D eigenvalue weighted by Crippen LogP contribution is 2.38. The first-order valence-electron chi connectivity index (χ1n) is 10.2. The van der Waals surface area contributed by atoms with Crippen molar-refractivity contribution in [1.82, 2.24) is 9.80 Å². The Labute approximate surface area is 161 Å². The maximum Gasteiger partial charge on any atom is 0.236 e. The highest BCUT2D eigenvalue weighted by Gasteiger charge is 2.44. The van der Waals surface area contributed by atoms with Crippen LogP contribution in [0.3, 0.4) is 0 Å². The van der Waals surface area contributed by atoms with Gasteiger partial charge in [0.25, 0.3) is 0 Å². The molecule has 1 spiro atoms. The number of nitrogens with zero attached hydrogens (tertiary/aromatic N) is 3. The second kappa shape index (κ2) is 7.76. The molecule has 0 bridgehead atoms. The number of piperidine rings is 1. The molecule has 1 amide bonds. The smallest absolute Gasteiger partial charge is 0.236 e. The summed E-state index contributed by atoms with van der Waals surface area (Å²) in [6, 6.07) is 6.94. The summed E-state index contributed by atoms with van der Waals surface area (Å²) < 4.78 is 19.4. The number of benzene rings is 1. The summed E-state index contributed by atoms with van der Waals surface area (Å²) in [5.74, 6) is 0.0574. The molecule has 0 aromatic heterocycles. The molecule has 3 heterocycles. The zero-order valence-corrected chi connectivity index (χ0v) is 16.2. The number of rotatable bonds is 4. The van der Waals surface area contributed by atoms with Crippen LogP contribution in [0.4, 0.5) is 10.1 Å². The van der Waals surface area contributed by atoms with E-state index in [-0.39, 0.29) is 17.3 Å². The standard InChI is InChI=1S/C21H30FN3O2/c1-23(18-6-4-17(22)5-7-18)19-14-21(27-16-19)8-12-25(13-9-21)20(26)15-24-10-2-3-11-24/h4-7,19H,2-3,8-16H2,1H3/t19-/m1/s1. The van der Waals surface area contributed by atoms with E-state index >= 15 is 0 Å². The second-order valence-corrected chi connectivity index (χ2v) is 8.30. The predicted octanol–water partition coefficient (Wildman–Crippen LogP) is 2.51. The summed E-state index contributed by atoms with van der Waals surface area (Å²) >= 11 is 0. The van der Waals surface area contributed by atoms with Crippen LogP contribution in [0.1, 0.15) is 32.1 Å². The molecular formula is C21H30FN3O2. The fourth-order valence-corrected chi connectivity index (χ4v) is 4.70. The van der Waals surface area contributed by atoms with Gasteiger partial charge in [-0.2, -0.15) is 0 Å². The minimum absolute atomic E-state index is 0.108. The maximum atomic E-state index is 13.2. The van der Waals surface area contributed by atoms with Crippen LogP contribution in [0.2, 0.25) is 0 Å². The minimum atomic E-state index is -0.211. The number of hydrogen-bond acceptors (Lipinski definition) is 4. The Morgan fingerprint density at radius 1 is 1.19 bits per heavy atom. The summed E-state index contributed by atoms with van der Waals surface area (Å²) in [6.45, 7) is 4.97. The van der Waals surface area contributed by atoms with Crippen molar-refractivity contribution >= 4 is 11.6 Å². The van der Waals surface area contributed by atoms with Gasteiger partial charge >= 0.3 is 0 Å². The topological polar surface area (TPSA) is 36.0 Å². The van der Waals surface area contributed by atoms with Crippen LogP contribution in [0.5, 0.6) is 0 Å². The van der Waals surface area contributed by atoms with Crippen molar-refractivity contribution in [1.29, 1.82) is 0 Å². The van der Waals surface area contributed by atoms with E-state index in [1.54, 1.807) is 0 Å². The molecule has 3 fully saturated rings. The molecule has 148 valence electrons. The van der Waals surface area contributed by atoms with Crippen molar-refractivity contribution in [2.75, 3.05) is 51.3 Å². The molecule has 1 aromatic carbocycles. The van der Waals surface area contributed by atoms with Crippen molar-refractivity contribution < 1.29 is 13.9 Å². The zero-order chi connectivity index (χ0) is 18.9. The second-order valence-electron chi connectivity index (χ2n) is 8.30. The molecule has 0 N–H and O–H groups in total. The normalized spacial score (nSPS) is 25.3. The Hall–Kier alpha value is -1.66. The third kappa shape index (κ3) is 4.11. The summed E-state index contributed by atoms with van der Waals surface area (Å²) in [4.78, 5) is 19.0. The Morgan fingerprint density at radius 3 is 2.52 bits per heavy atom. The van der Waals surface area contributed by atoms with Crippen LogP contribution in [0.15, 0.2) is 24.3 Å². The van der Waals surface area contributed by atoms with Gasteiger partial charge in [0.2, 0.25) is 5.91 Å². The minimum Gasteiger partial charge on any atom is -0.373 e. The lowest BCUT2D eigenvalue weighted by molar-refractivity contribution is -0.136. The van der Waals surface area contributed by atoms with Gasteiger partial charge in [-0.3, -0.25) is 9.69 Å². The maximum absolute atomic E-state index is 13.2. The van der Waals surface area contributed by atoms with Crippen LogP contribution in [-0.4, -0.2) is 73.7 Å². The molecule has 4 rings (SSSR count). The average Bonchev–Trinajstić information content (AvgIpc) is 3.33. The third-order valence-electron chi connectivity index (χ3n) is 6.56. The van der Waals surface area contributed by atoms with Gasteiger partial charge in [0, 0.05) is 25.8 Å². The van der Waals surface area contributed by atoms with E-state index in [2.05, 4.69) is 16.8 Å². The molecule has 0 aliphatic carbocycles. The number of hydrogen-bond donors (Lipinski definition) is 0. The number of ether oxygens (including phenoxy) is 1. The Balaban J connectivity index is 1.29. The van der Waals surface area contributed by atoms with Gasteiger partial charge in [-0.15, -0.1) is 0 Å². The van der Waals surface area contributed by atoms with E-state index in [1.165, 1.54) is 25.0 Å². The highest BCUT2D eigenvalue weighted by atomic mass is 19.1. The average molecular weight is 375 g/mol. The lowest BCUT2D eigenvalue weighted by Gasteiger charge is -2.39. The SMILES string of the molecule is CN(c1ccc(F)cc1)[C@H]1COC2(CCN(C(=O)CN3CCCC3)CC2)C1. The zero-order valence-electron chi connectivity index (χ0n) is 16.2.